The molecule has 0 radical (unpaired) electrons. The van der Waals surface area contributed by atoms with E-state index in [1.54, 1.807) is 30.3 Å². The highest BCUT2D eigenvalue weighted by atomic mass is 35.5. The zero-order valence-corrected chi connectivity index (χ0v) is 12.2. The lowest BCUT2D eigenvalue weighted by Gasteiger charge is -2.24. The second kappa shape index (κ2) is 5.84. The molecule has 0 unspecified atom stereocenters. The van der Waals surface area contributed by atoms with Gasteiger partial charge in [0.15, 0.2) is 17.2 Å². The van der Waals surface area contributed by atoms with Crippen LogP contribution in [0.25, 0.3) is 0 Å². The summed E-state index contributed by atoms with van der Waals surface area (Å²) in [6.45, 7) is 0.0774. The Hall–Kier alpha value is -1.91. The van der Waals surface area contributed by atoms with Gasteiger partial charge in [-0.1, -0.05) is 35.3 Å². The molecule has 0 aromatic heterocycles. The minimum absolute atomic E-state index is 0.0774. The van der Waals surface area contributed by atoms with E-state index in [0.717, 1.165) is 0 Å². The Bertz CT molecular complexity index is 687. The van der Waals surface area contributed by atoms with Crippen LogP contribution in [0.4, 0.5) is 0 Å². The van der Waals surface area contributed by atoms with Gasteiger partial charge in [0.25, 0.3) is 0 Å². The van der Waals surface area contributed by atoms with E-state index >= 15 is 0 Å². The van der Waals surface area contributed by atoms with E-state index in [-0.39, 0.29) is 12.4 Å². The van der Waals surface area contributed by atoms with Gasteiger partial charge in [0.05, 0.1) is 5.02 Å². The number of para-hydroxylation sites is 2. The Morgan fingerprint density at radius 1 is 1.14 bits per heavy atom. The van der Waals surface area contributed by atoms with Gasteiger partial charge in [-0.2, -0.15) is 0 Å². The van der Waals surface area contributed by atoms with Gasteiger partial charge < -0.3 is 14.2 Å². The van der Waals surface area contributed by atoms with Crippen LogP contribution in [0.5, 0.6) is 17.2 Å². The lowest BCUT2D eigenvalue weighted by atomic mass is 10.2. The van der Waals surface area contributed by atoms with Crippen LogP contribution in [0.2, 0.25) is 10.0 Å². The Morgan fingerprint density at radius 3 is 2.71 bits per heavy atom. The number of esters is 1. The van der Waals surface area contributed by atoms with Crippen LogP contribution in [0, 0.1) is 0 Å². The molecule has 0 saturated heterocycles. The molecule has 1 aliphatic rings. The highest BCUT2D eigenvalue weighted by Gasteiger charge is 2.29. The van der Waals surface area contributed by atoms with Gasteiger partial charge in [0.2, 0.25) is 6.10 Å². The quantitative estimate of drug-likeness (QED) is 0.623. The van der Waals surface area contributed by atoms with Gasteiger partial charge in [0, 0.05) is 11.1 Å². The maximum atomic E-state index is 12.1. The summed E-state index contributed by atoms with van der Waals surface area (Å²) in [7, 11) is 0. The number of hydrogen-bond donors (Lipinski definition) is 0. The van der Waals surface area contributed by atoms with Gasteiger partial charge in [-0.3, -0.25) is 0 Å². The minimum atomic E-state index is -0.852. The van der Waals surface area contributed by atoms with E-state index in [2.05, 4.69) is 0 Å². The molecular weight excluding hydrogens is 315 g/mol. The van der Waals surface area contributed by atoms with E-state index < -0.39 is 12.1 Å². The Labute approximate surface area is 131 Å². The molecule has 0 saturated carbocycles. The second-order valence-corrected chi connectivity index (χ2v) is 5.20. The van der Waals surface area contributed by atoms with Gasteiger partial charge >= 0.3 is 5.97 Å². The number of carbonyl (C=O) groups is 1. The van der Waals surface area contributed by atoms with Crippen molar-refractivity contribution in [3.05, 3.63) is 52.5 Å². The third-order valence-corrected chi connectivity index (χ3v) is 3.42. The Morgan fingerprint density at radius 2 is 1.90 bits per heavy atom. The summed E-state index contributed by atoms with van der Waals surface area (Å²) in [5.41, 5.74) is 0. The number of ether oxygens (including phenoxy) is 3. The van der Waals surface area contributed by atoms with Crippen LogP contribution in [-0.4, -0.2) is 18.7 Å². The first-order valence-corrected chi connectivity index (χ1v) is 6.94. The minimum Gasteiger partial charge on any atom is -0.485 e. The number of carbonyl (C=O) groups excluding carboxylic acids is 1. The molecule has 0 N–H and O–H groups in total. The first-order chi connectivity index (χ1) is 10.1. The lowest BCUT2D eigenvalue weighted by molar-refractivity contribution is -0.144. The van der Waals surface area contributed by atoms with Crippen LogP contribution >= 0.6 is 23.2 Å². The van der Waals surface area contributed by atoms with Crippen molar-refractivity contribution in [1.29, 1.82) is 0 Å². The monoisotopic (exact) mass is 324 g/mol. The van der Waals surface area contributed by atoms with Crippen molar-refractivity contribution in [2.24, 2.45) is 0 Å². The van der Waals surface area contributed by atoms with E-state index in [1.165, 1.54) is 6.07 Å². The predicted octanol–water partition coefficient (Wildman–Crippen LogP) is 3.74. The SMILES string of the molecule is O=C(Oc1cc(Cl)ccc1Cl)[C@H]1COc2ccccc2O1. The zero-order valence-electron chi connectivity index (χ0n) is 10.7. The van der Waals surface area contributed by atoms with E-state index in [1.807, 2.05) is 6.07 Å². The molecule has 6 heteroatoms. The van der Waals surface area contributed by atoms with E-state index in [9.17, 15) is 4.79 Å². The average molecular weight is 325 g/mol. The van der Waals surface area contributed by atoms with Crippen molar-refractivity contribution in [1.82, 2.24) is 0 Å². The van der Waals surface area contributed by atoms with Gasteiger partial charge in [0.1, 0.15) is 6.61 Å². The summed E-state index contributed by atoms with van der Waals surface area (Å²) < 4.78 is 16.2. The summed E-state index contributed by atoms with van der Waals surface area (Å²) in [5.74, 6) is 0.704. The Kier molecular flexibility index (Phi) is 3.90. The molecule has 0 fully saturated rings. The van der Waals surface area contributed by atoms with Crippen molar-refractivity contribution in [2.45, 2.75) is 6.10 Å². The van der Waals surface area contributed by atoms with Crippen molar-refractivity contribution in [3.8, 4) is 17.2 Å². The third-order valence-electron chi connectivity index (χ3n) is 2.88. The lowest BCUT2D eigenvalue weighted by Crippen LogP contribution is -2.39. The maximum absolute atomic E-state index is 12.1. The molecule has 1 heterocycles. The normalized spacial score (nSPS) is 16.4. The fourth-order valence-electron chi connectivity index (χ4n) is 1.87. The molecule has 3 rings (SSSR count). The maximum Gasteiger partial charge on any atom is 0.356 e. The van der Waals surface area contributed by atoms with Crippen molar-refractivity contribution in [2.75, 3.05) is 6.61 Å². The number of rotatable bonds is 2. The van der Waals surface area contributed by atoms with Crippen molar-refractivity contribution >= 4 is 29.2 Å². The van der Waals surface area contributed by atoms with Gasteiger partial charge in [-0.15, -0.1) is 0 Å². The van der Waals surface area contributed by atoms with Crippen LogP contribution in [0.15, 0.2) is 42.5 Å². The predicted molar refractivity (Wildman–Crippen MR) is 78.5 cm³/mol. The van der Waals surface area contributed by atoms with E-state index in [0.29, 0.717) is 21.5 Å². The van der Waals surface area contributed by atoms with Crippen molar-refractivity contribution < 1.29 is 19.0 Å². The number of benzene rings is 2. The number of halogens is 2. The molecular formula is C15H10Cl2O4. The fraction of sp³-hybridized carbons (Fsp3) is 0.133. The van der Waals surface area contributed by atoms with Crippen LogP contribution in [-0.2, 0) is 4.79 Å². The smallest absolute Gasteiger partial charge is 0.356 e. The summed E-state index contributed by atoms with van der Waals surface area (Å²) >= 11 is 11.8. The fourth-order valence-corrected chi connectivity index (χ4v) is 2.18. The molecule has 108 valence electrons. The molecule has 0 bridgehead atoms. The highest BCUT2D eigenvalue weighted by molar-refractivity contribution is 6.34. The summed E-state index contributed by atoms with van der Waals surface area (Å²) in [6.07, 6.45) is -0.852. The second-order valence-electron chi connectivity index (χ2n) is 4.36. The van der Waals surface area contributed by atoms with Gasteiger partial charge in [-0.05, 0) is 24.3 Å². The standard InChI is InChI=1S/C15H10Cl2O4/c16-9-5-6-10(17)13(7-9)21-15(18)14-8-19-11-3-1-2-4-12(11)20-14/h1-7,14H,8H2/t14-/m1/s1. The molecule has 4 nitrogen and oxygen atoms in total. The summed E-state index contributed by atoms with van der Waals surface area (Å²) in [4.78, 5) is 12.1. The number of hydrogen-bond acceptors (Lipinski definition) is 4. The molecule has 0 amide bonds. The first-order valence-electron chi connectivity index (χ1n) is 6.19. The third kappa shape index (κ3) is 3.06. The largest absolute Gasteiger partial charge is 0.485 e. The first kappa shape index (κ1) is 14.0. The molecule has 1 aliphatic heterocycles. The van der Waals surface area contributed by atoms with Crippen molar-refractivity contribution in [3.63, 3.8) is 0 Å². The highest BCUT2D eigenvalue weighted by Crippen LogP contribution is 2.32. The topological polar surface area (TPSA) is 44.8 Å². The number of fused-ring (bicyclic) bond motifs is 1. The molecule has 0 spiro atoms. The summed E-state index contributed by atoms with van der Waals surface area (Å²) in [5, 5.41) is 0.721. The molecule has 2 aromatic rings. The Balaban J connectivity index is 1.74. The average Bonchev–Trinajstić information content (AvgIpc) is 2.50. The van der Waals surface area contributed by atoms with Crippen LogP contribution < -0.4 is 14.2 Å². The molecule has 2 aromatic carbocycles. The molecule has 1 atom stereocenters. The van der Waals surface area contributed by atoms with E-state index in [4.69, 9.17) is 37.4 Å². The molecule has 0 aliphatic carbocycles. The molecule has 21 heavy (non-hydrogen) atoms. The zero-order chi connectivity index (χ0) is 14.8. The van der Waals surface area contributed by atoms with Crippen LogP contribution in [0.1, 0.15) is 0 Å². The van der Waals surface area contributed by atoms with Gasteiger partial charge in [-0.25, -0.2) is 4.79 Å². The van der Waals surface area contributed by atoms with Crippen LogP contribution in [0.3, 0.4) is 0 Å². The summed E-state index contributed by atoms with van der Waals surface area (Å²) in [6, 6.07) is 11.7.